The van der Waals surface area contributed by atoms with Crippen LogP contribution in [0.1, 0.15) is 30.6 Å². The Labute approximate surface area is 115 Å². The van der Waals surface area contributed by atoms with E-state index in [0.29, 0.717) is 16.3 Å². The highest BCUT2D eigenvalue weighted by Gasteiger charge is 2.30. The molecule has 1 aromatic carbocycles. The summed E-state index contributed by atoms with van der Waals surface area (Å²) >= 11 is 3.25. The van der Waals surface area contributed by atoms with Crippen molar-refractivity contribution < 1.29 is 9.18 Å². The van der Waals surface area contributed by atoms with Gasteiger partial charge in [0.1, 0.15) is 5.82 Å². The first-order chi connectivity index (χ1) is 8.50. The predicted octanol–water partition coefficient (Wildman–Crippen LogP) is 3.71. The van der Waals surface area contributed by atoms with E-state index < -0.39 is 5.82 Å². The van der Waals surface area contributed by atoms with E-state index in [-0.39, 0.29) is 11.5 Å². The maximum absolute atomic E-state index is 13.7. The van der Waals surface area contributed by atoms with Crippen LogP contribution in [-0.2, 0) is 0 Å². The molecule has 1 aromatic rings. The Morgan fingerprint density at radius 3 is 2.78 bits per heavy atom. The van der Waals surface area contributed by atoms with Gasteiger partial charge in [0.25, 0.3) is 5.91 Å². The zero-order chi connectivity index (χ0) is 13.3. The maximum atomic E-state index is 13.7. The van der Waals surface area contributed by atoms with Gasteiger partial charge in [0.2, 0.25) is 0 Å². The molecule has 2 rings (SSSR count). The summed E-state index contributed by atoms with van der Waals surface area (Å²) in [6.07, 6.45) is 1.01. The molecular weight excluding hydrogens is 297 g/mol. The van der Waals surface area contributed by atoms with E-state index in [4.69, 9.17) is 0 Å². The van der Waals surface area contributed by atoms with E-state index in [1.165, 1.54) is 6.07 Å². The van der Waals surface area contributed by atoms with Gasteiger partial charge in [-0.2, -0.15) is 0 Å². The van der Waals surface area contributed by atoms with Crippen molar-refractivity contribution in [3.05, 3.63) is 34.1 Å². The SMILES string of the molecule is CC(C)C1CCN(C(=O)c2c(F)cccc2Br)C1. The number of hydrogen-bond donors (Lipinski definition) is 0. The van der Waals surface area contributed by atoms with Gasteiger partial charge in [0.05, 0.1) is 5.56 Å². The number of carbonyl (C=O) groups is 1. The number of hydrogen-bond acceptors (Lipinski definition) is 1. The van der Waals surface area contributed by atoms with Crippen molar-refractivity contribution in [3.8, 4) is 0 Å². The molecule has 0 radical (unpaired) electrons. The molecule has 2 nitrogen and oxygen atoms in total. The Balaban J connectivity index is 2.18. The number of carbonyl (C=O) groups excluding carboxylic acids is 1. The monoisotopic (exact) mass is 313 g/mol. The predicted molar refractivity (Wildman–Crippen MR) is 72.9 cm³/mol. The minimum Gasteiger partial charge on any atom is -0.338 e. The van der Waals surface area contributed by atoms with Gasteiger partial charge >= 0.3 is 0 Å². The van der Waals surface area contributed by atoms with Crippen LogP contribution in [-0.4, -0.2) is 23.9 Å². The van der Waals surface area contributed by atoms with Crippen LogP contribution in [0, 0.1) is 17.7 Å². The molecule has 1 heterocycles. The third kappa shape index (κ3) is 2.58. The fourth-order valence-corrected chi connectivity index (χ4v) is 2.89. The van der Waals surface area contributed by atoms with Crippen molar-refractivity contribution in [3.63, 3.8) is 0 Å². The van der Waals surface area contributed by atoms with Crippen molar-refractivity contribution in [1.82, 2.24) is 4.90 Å². The third-order valence-electron chi connectivity index (χ3n) is 3.63. The lowest BCUT2D eigenvalue weighted by Gasteiger charge is -2.19. The van der Waals surface area contributed by atoms with Gasteiger partial charge in [-0.05, 0) is 46.3 Å². The first-order valence-electron chi connectivity index (χ1n) is 6.24. The van der Waals surface area contributed by atoms with Crippen LogP contribution in [0.15, 0.2) is 22.7 Å². The highest BCUT2D eigenvalue weighted by molar-refractivity contribution is 9.10. The number of benzene rings is 1. The number of likely N-dealkylation sites (tertiary alicyclic amines) is 1. The highest BCUT2D eigenvalue weighted by Crippen LogP contribution is 2.27. The first-order valence-corrected chi connectivity index (χ1v) is 7.03. The molecule has 0 N–H and O–H groups in total. The molecule has 0 aromatic heterocycles. The molecule has 1 aliphatic heterocycles. The smallest absolute Gasteiger partial charge is 0.257 e. The average molecular weight is 314 g/mol. The van der Waals surface area contributed by atoms with Gasteiger partial charge in [-0.15, -0.1) is 0 Å². The van der Waals surface area contributed by atoms with Gasteiger partial charge in [-0.25, -0.2) is 4.39 Å². The van der Waals surface area contributed by atoms with Gasteiger partial charge in [-0.1, -0.05) is 19.9 Å². The second-order valence-electron chi connectivity index (χ2n) is 5.14. The summed E-state index contributed by atoms with van der Waals surface area (Å²) in [5.41, 5.74) is 0.155. The minimum absolute atomic E-state index is 0.155. The molecule has 0 aliphatic carbocycles. The van der Waals surface area contributed by atoms with Crippen molar-refractivity contribution in [2.24, 2.45) is 11.8 Å². The first kappa shape index (κ1) is 13.5. The topological polar surface area (TPSA) is 20.3 Å². The molecule has 0 spiro atoms. The molecule has 1 aliphatic rings. The average Bonchev–Trinajstić information content (AvgIpc) is 2.77. The summed E-state index contributed by atoms with van der Waals surface area (Å²) < 4.78 is 14.3. The Hall–Kier alpha value is -0.900. The van der Waals surface area contributed by atoms with Crippen LogP contribution in [0.3, 0.4) is 0 Å². The Kier molecular flexibility index (Phi) is 4.05. The lowest BCUT2D eigenvalue weighted by molar-refractivity contribution is 0.0778. The number of rotatable bonds is 2. The normalized spacial score (nSPS) is 19.6. The molecule has 18 heavy (non-hydrogen) atoms. The largest absolute Gasteiger partial charge is 0.338 e. The standard InChI is InChI=1S/C14H17BrFNO/c1-9(2)10-6-7-17(8-10)14(18)13-11(15)4-3-5-12(13)16/h3-5,9-10H,6-8H2,1-2H3. The molecular formula is C14H17BrFNO. The lowest BCUT2D eigenvalue weighted by atomic mass is 9.95. The van der Waals surface area contributed by atoms with Crippen LogP contribution < -0.4 is 0 Å². The quantitative estimate of drug-likeness (QED) is 0.815. The molecule has 1 fully saturated rings. The lowest BCUT2D eigenvalue weighted by Crippen LogP contribution is -2.30. The molecule has 1 saturated heterocycles. The Morgan fingerprint density at radius 2 is 2.22 bits per heavy atom. The molecule has 0 saturated carbocycles. The summed E-state index contributed by atoms with van der Waals surface area (Å²) in [4.78, 5) is 14.1. The minimum atomic E-state index is -0.456. The second kappa shape index (κ2) is 5.39. The summed E-state index contributed by atoms with van der Waals surface area (Å²) in [5, 5.41) is 0. The van der Waals surface area contributed by atoms with E-state index in [1.54, 1.807) is 17.0 Å². The Bertz CT molecular complexity index is 441. The van der Waals surface area contributed by atoms with Crippen molar-refractivity contribution in [2.45, 2.75) is 20.3 Å². The van der Waals surface area contributed by atoms with Crippen LogP contribution in [0.25, 0.3) is 0 Å². The fourth-order valence-electron chi connectivity index (χ4n) is 2.38. The number of nitrogens with zero attached hydrogens (tertiary/aromatic N) is 1. The van der Waals surface area contributed by atoms with E-state index in [2.05, 4.69) is 29.8 Å². The van der Waals surface area contributed by atoms with Gasteiger partial charge in [0.15, 0.2) is 0 Å². The second-order valence-corrected chi connectivity index (χ2v) is 5.99. The van der Waals surface area contributed by atoms with Crippen molar-refractivity contribution in [2.75, 3.05) is 13.1 Å². The van der Waals surface area contributed by atoms with Gasteiger partial charge in [-0.3, -0.25) is 4.79 Å². The molecule has 98 valence electrons. The summed E-state index contributed by atoms with van der Waals surface area (Å²) in [5.74, 6) is 0.428. The summed E-state index contributed by atoms with van der Waals surface area (Å²) in [6.45, 7) is 5.79. The fraction of sp³-hybridized carbons (Fsp3) is 0.500. The van der Waals surface area contributed by atoms with Crippen LogP contribution in [0.5, 0.6) is 0 Å². The molecule has 1 unspecified atom stereocenters. The third-order valence-corrected chi connectivity index (χ3v) is 4.29. The van der Waals surface area contributed by atoms with Gasteiger partial charge in [0, 0.05) is 17.6 Å². The van der Waals surface area contributed by atoms with Crippen LogP contribution in [0.2, 0.25) is 0 Å². The zero-order valence-electron chi connectivity index (χ0n) is 10.6. The van der Waals surface area contributed by atoms with Crippen LogP contribution in [0.4, 0.5) is 4.39 Å². The van der Waals surface area contributed by atoms with Crippen molar-refractivity contribution >= 4 is 21.8 Å². The van der Waals surface area contributed by atoms with Gasteiger partial charge < -0.3 is 4.90 Å². The number of halogens is 2. The van der Waals surface area contributed by atoms with Crippen molar-refractivity contribution in [1.29, 1.82) is 0 Å². The van der Waals surface area contributed by atoms with E-state index in [0.717, 1.165) is 19.5 Å². The van der Waals surface area contributed by atoms with E-state index in [1.807, 2.05) is 0 Å². The van der Waals surface area contributed by atoms with E-state index in [9.17, 15) is 9.18 Å². The highest BCUT2D eigenvalue weighted by atomic mass is 79.9. The summed E-state index contributed by atoms with van der Waals surface area (Å²) in [6, 6.07) is 4.62. The van der Waals surface area contributed by atoms with Crippen LogP contribution >= 0.6 is 15.9 Å². The Morgan fingerprint density at radius 1 is 1.50 bits per heavy atom. The number of amides is 1. The zero-order valence-corrected chi connectivity index (χ0v) is 12.2. The maximum Gasteiger partial charge on any atom is 0.257 e. The molecule has 4 heteroatoms. The molecule has 1 atom stereocenters. The van der Waals surface area contributed by atoms with E-state index >= 15 is 0 Å². The molecule has 0 bridgehead atoms. The molecule has 1 amide bonds. The summed E-state index contributed by atoms with van der Waals surface area (Å²) in [7, 11) is 0.